The van der Waals surface area contributed by atoms with Crippen LogP contribution in [0.3, 0.4) is 0 Å². The number of methoxy groups -OCH3 is 2. The van der Waals surface area contributed by atoms with Gasteiger partial charge in [-0.1, -0.05) is 0 Å². The number of rotatable bonds is 2. The smallest absolute Gasteiger partial charge is 0.200 e. The first-order chi connectivity index (χ1) is 9.63. The van der Waals surface area contributed by atoms with Gasteiger partial charge in [0.2, 0.25) is 5.43 Å². The zero-order valence-corrected chi connectivity index (χ0v) is 11.5. The van der Waals surface area contributed by atoms with Crippen molar-refractivity contribution in [1.82, 2.24) is 0 Å². The molecular formula is C16H14O4. The Morgan fingerprint density at radius 1 is 0.950 bits per heavy atom. The maximum atomic E-state index is 12.6. The fourth-order valence-corrected chi connectivity index (χ4v) is 2.37. The Kier molecular flexibility index (Phi) is 2.86. The van der Waals surface area contributed by atoms with Crippen LogP contribution in [0.15, 0.2) is 39.5 Å². The van der Waals surface area contributed by atoms with E-state index in [0.29, 0.717) is 33.4 Å². The SMILES string of the molecule is COc1cc(C)c2c(=O)c3cc(OC)ccc3oc2c1. The molecule has 2 aromatic carbocycles. The summed E-state index contributed by atoms with van der Waals surface area (Å²) in [6.07, 6.45) is 0. The molecule has 3 aromatic rings. The van der Waals surface area contributed by atoms with Crippen LogP contribution in [-0.4, -0.2) is 14.2 Å². The average molecular weight is 270 g/mol. The van der Waals surface area contributed by atoms with Crippen LogP contribution in [-0.2, 0) is 0 Å². The van der Waals surface area contributed by atoms with E-state index in [9.17, 15) is 4.79 Å². The number of hydrogen-bond acceptors (Lipinski definition) is 4. The molecule has 0 saturated carbocycles. The first-order valence-electron chi connectivity index (χ1n) is 6.23. The molecule has 4 heteroatoms. The van der Waals surface area contributed by atoms with Crippen molar-refractivity contribution in [1.29, 1.82) is 0 Å². The lowest BCUT2D eigenvalue weighted by Gasteiger charge is -2.07. The van der Waals surface area contributed by atoms with Gasteiger partial charge in [0, 0.05) is 6.07 Å². The molecule has 0 saturated heterocycles. The van der Waals surface area contributed by atoms with Crippen molar-refractivity contribution < 1.29 is 13.9 Å². The highest BCUT2D eigenvalue weighted by Crippen LogP contribution is 2.27. The molecular weight excluding hydrogens is 256 g/mol. The van der Waals surface area contributed by atoms with Crippen molar-refractivity contribution in [3.8, 4) is 11.5 Å². The van der Waals surface area contributed by atoms with Crippen LogP contribution in [0.5, 0.6) is 11.5 Å². The molecule has 0 bridgehead atoms. The molecule has 20 heavy (non-hydrogen) atoms. The summed E-state index contributed by atoms with van der Waals surface area (Å²) in [4.78, 5) is 12.6. The second kappa shape index (κ2) is 4.56. The molecule has 0 N–H and O–H groups in total. The van der Waals surface area contributed by atoms with Gasteiger partial charge in [-0.15, -0.1) is 0 Å². The molecule has 0 aliphatic carbocycles. The van der Waals surface area contributed by atoms with Crippen LogP contribution in [0.25, 0.3) is 21.9 Å². The summed E-state index contributed by atoms with van der Waals surface area (Å²) in [5.74, 6) is 1.31. The maximum Gasteiger partial charge on any atom is 0.200 e. The minimum atomic E-state index is -0.0553. The van der Waals surface area contributed by atoms with Gasteiger partial charge in [-0.2, -0.15) is 0 Å². The average Bonchev–Trinajstić information content (AvgIpc) is 2.46. The Balaban J connectivity index is 2.47. The predicted molar refractivity (Wildman–Crippen MR) is 77.8 cm³/mol. The van der Waals surface area contributed by atoms with Crippen molar-refractivity contribution in [2.45, 2.75) is 6.92 Å². The summed E-state index contributed by atoms with van der Waals surface area (Å²) < 4.78 is 16.2. The van der Waals surface area contributed by atoms with Crippen LogP contribution in [0.4, 0.5) is 0 Å². The lowest BCUT2D eigenvalue weighted by Crippen LogP contribution is -2.04. The van der Waals surface area contributed by atoms with Crippen molar-refractivity contribution in [2.24, 2.45) is 0 Å². The number of hydrogen-bond donors (Lipinski definition) is 0. The van der Waals surface area contributed by atoms with E-state index < -0.39 is 0 Å². The molecule has 0 unspecified atom stereocenters. The van der Waals surface area contributed by atoms with Gasteiger partial charge in [-0.05, 0) is 36.8 Å². The van der Waals surface area contributed by atoms with Gasteiger partial charge in [0.1, 0.15) is 22.7 Å². The lowest BCUT2D eigenvalue weighted by atomic mass is 10.1. The van der Waals surface area contributed by atoms with Gasteiger partial charge in [0.15, 0.2) is 0 Å². The minimum absolute atomic E-state index is 0.0553. The van der Waals surface area contributed by atoms with Gasteiger partial charge in [0.05, 0.1) is 25.0 Å². The second-order valence-electron chi connectivity index (χ2n) is 4.61. The van der Waals surface area contributed by atoms with E-state index in [0.717, 1.165) is 5.56 Å². The molecule has 0 aliphatic rings. The van der Waals surface area contributed by atoms with E-state index in [2.05, 4.69) is 0 Å². The van der Waals surface area contributed by atoms with E-state index in [1.54, 1.807) is 38.5 Å². The zero-order chi connectivity index (χ0) is 14.3. The number of ether oxygens (including phenoxy) is 2. The Hall–Kier alpha value is -2.49. The Labute approximate surface area is 115 Å². The molecule has 0 atom stereocenters. The summed E-state index contributed by atoms with van der Waals surface area (Å²) in [7, 11) is 3.16. The van der Waals surface area contributed by atoms with Crippen LogP contribution in [0.1, 0.15) is 5.56 Å². The number of aryl methyl sites for hydroxylation is 1. The highest BCUT2D eigenvalue weighted by molar-refractivity contribution is 5.92. The third-order valence-electron chi connectivity index (χ3n) is 3.39. The van der Waals surface area contributed by atoms with E-state index in [-0.39, 0.29) is 5.43 Å². The van der Waals surface area contributed by atoms with E-state index in [1.165, 1.54) is 0 Å². The van der Waals surface area contributed by atoms with Crippen LogP contribution >= 0.6 is 0 Å². The minimum Gasteiger partial charge on any atom is -0.497 e. The summed E-state index contributed by atoms with van der Waals surface area (Å²) in [6.45, 7) is 1.87. The molecule has 0 aliphatic heterocycles. The molecule has 1 heterocycles. The molecule has 1 aromatic heterocycles. The molecule has 3 rings (SSSR count). The van der Waals surface area contributed by atoms with Crippen LogP contribution in [0.2, 0.25) is 0 Å². The van der Waals surface area contributed by atoms with E-state index in [4.69, 9.17) is 13.9 Å². The zero-order valence-electron chi connectivity index (χ0n) is 11.5. The molecule has 102 valence electrons. The van der Waals surface area contributed by atoms with Crippen molar-refractivity contribution in [3.63, 3.8) is 0 Å². The highest BCUT2D eigenvalue weighted by Gasteiger charge is 2.12. The predicted octanol–water partition coefficient (Wildman–Crippen LogP) is 3.27. The number of fused-ring (bicyclic) bond motifs is 2. The van der Waals surface area contributed by atoms with Crippen molar-refractivity contribution >= 4 is 21.9 Å². The lowest BCUT2D eigenvalue weighted by molar-refractivity contribution is 0.414. The van der Waals surface area contributed by atoms with Gasteiger partial charge in [0.25, 0.3) is 0 Å². The second-order valence-corrected chi connectivity index (χ2v) is 4.61. The first-order valence-corrected chi connectivity index (χ1v) is 6.23. The van der Waals surface area contributed by atoms with Gasteiger partial charge in [-0.25, -0.2) is 0 Å². The first kappa shape index (κ1) is 12.5. The van der Waals surface area contributed by atoms with Crippen LogP contribution in [0, 0.1) is 6.92 Å². The Morgan fingerprint density at radius 2 is 1.70 bits per heavy atom. The Morgan fingerprint density at radius 3 is 2.40 bits per heavy atom. The third kappa shape index (κ3) is 1.81. The molecule has 4 nitrogen and oxygen atoms in total. The molecule has 0 fully saturated rings. The Bertz CT molecular complexity index is 862. The van der Waals surface area contributed by atoms with Crippen molar-refractivity contribution in [3.05, 3.63) is 46.1 Å². The molecule has 0 radical (unpaired) electrons. The summed E-state index contributed by atoms with van der Waals surface area (Å²) >= 11 is 0. The third-order valence-corrected chi connectivity index (χ3v) is 3.39. The summed E-state index contributed by atoms with van der Waals surface area (Å²) in [6, 6.07) is 8.76. The van der Waals surface area contributed by atoms with Gasteiger partial charge in [-0.3, -0.25) is 4.79 Å². The quantitative estimate of drug-likeness (QED) is 0.670. The van der Waals surface area contributed by atoms with E-state index in [1.807, 2.05) is 13.0 Å². The topological polar surface area (TPSA) is 48.7 Å². The maximum absolute atomic E-state index is 12.6. The fraction of sp³-hybridized carbons (Fsp3) is 0.188. The van der Waals surface area contributed by atoms with Crippen molar-refractivity contribution in [2.75, 3.05) is 14.2 Å². The van der Waals surface area contributed by atoms with Gasteiger partial charge >= 0.3 is 0 Å². The largest absolute Gasteiger partial charge is 0.497 e. The monoisotopic (exact) mass is 270 g/mol. The van der Waals surface area contributed by atoms with Gasteiger partial charge < -0.3 is 13.9 Å². The molecule has 0 amide bonds. The molecule has 0 spiro atoms. The highest BCUT2D eigenvalue weighted by atomic mass is 16.5. The standard InChI is InChI=1S/C16H14O4/c1-9-6-11(19-3)8-14-15(9)16(17)12-7-10(18-2)4-5-13(12)20-14/h4-8H,1-3H3. The van der Waals surface area contributed by atoms with Crippen LogP contribution < -0.4 is 14.9 Å². The normalized spacial score (nSPS) is 10.9. The summed E-state index contributed by atoms with van der Waals surface area (Å²) in [5, 5.41) is 1.09. The summed E-state index contributed by atoms with van der Waals surface area (Å²) in [5.41, 5.74) is 1.85. The number of benzene rings is 2. The fourth-order valence-electron chi connectivity index (χ4n) is 2.37. The van der Waals surface area contributed by atoms with E-state index >= 15 is 0 Å².